The van der Waals surface area contributed by atoms with E-state index < -0.39 is 6.36 Å². The van der Waals surface area contributed by atoms with Crippen molar-refractivity contribution >= 4 is 17.5 Å². The summed E-state index contributed by atoms with van der Waals surface area (Å²) in [6.45, 7) is 4.36. The molecular formula is C25H26F3N5O3. The van der Waals surface area contributed by atoms with Crippen molar-refractivity contribution in [2.45, 2.75) is 26.1 Å². The number of carbonyl (C=O) groups is 2. The lowest BCUT2D eigenvalue weighted by Gasteiger charge is -2.35. The van der Waals surface area contributed by atoms with Crippen LogP contribution in [-0.4, -0.2) is 63.7 Å². The molecule has 1 fully saturated rings. The number of anilines is 1. The molecule has 1 aliphatic rings. The number of carbonyl (C=O) groups excluding carboxylic acids is 2. The lowest BCUT2D eigenvalue weighted by molar-refractivity contribution is -0.274. The number of ether oxygens (including phenoxy) is 1. The molecule has 1 aromatic carbocycles. The van der Waals surface area contributed by atoms with Gasteiger partial charge in [0.25, 0.3) is 5.91 Å². The van der Waals surface area contributed by atoms with Gasteiger partial charge in [0.2, 0.25) is 0 Å². The summed E-state index contributed by atoms with van der Waals surface area (Å²) in [5.74, 6) is 0.424. The molecule has 0 saturated carbocycles. The molecule has 3 aromatic rings. The van der Waals surface area contributed by atoms with Crippen LogP contribution in [0.2, 0.25) is 0 Å². The summed E-state index contributed by atoms with van der Waals surface area (Å²) < 4.78 is 42.3. The number of Topliss-reactive ketones (excluding diaryl/α,β-unsaturated/α-hetero) is 1. The summed E-state index contributed by atoms with van der Waals surface area (Å²) in [5, 5.41) is 0. The summed E-state index contributed by atoms with van der Waals surface area (Å²) in [6.07, 6.45) is -1.26. The maximum absolute atomic E-state index is 13.1. The fraction of sp³-hybridized carbons (Fsp3) is 0.360. The van der Waals surface area contributed by atoms with E-state index in [1.54, 1.807) is 22.7 Å². The number of aryl methyl sites for hydroxylation is 2. The topological polar surface area (TPSA) is 80.6 Å². The lowest BCUT2D eigenvalue weighted by Crippen LogP contribution is -2.49. The zero-order chi connectivity index (χ0) is 25.9. The van der Waals surface area contributed by atoms with Crippen LogP contribution in [0.1, 0.15) is 27.4 Å². The average Bonchev–Trinajstić information content (AvgIpc) is 3.19. The van der Waals surface area contributed by atoms with Gasteiger partial charge in [0.15, 0.2) is 5.82 Å². The fourth-order valence-corrected chi connectivity index (χ4v) is 4.04. The summed E-state index contributed by atoms with van der Waals surface area (Å²) in [7, 11) is 1.71. The molecule has 1 amide bonds. The molecule has 0 atom stereocenters. The molecule has 190 valence electrons. The molecule has 0 N–H and O–H groups in total. The first kappa shape index (κ1) is 25.2. The number of alkyl halides is 3. The van der Waals surface area contributed by atoms with Crippen molar-refractivity contribution in [2.75, 3.05) is 31.1 Å². The summed E-state index contributed by atoms with van der Waals surface area (Å²) >= 11 is 0. The summed E-state index contributed by atoms with van der Waals surface area (Å²) in [4.78, 5) is 38.3. The number of amides is 1. The van der Waals surface area contributed by atoms with Gasteiger partial charge in [0.1, 0.15) is 17.4 Å². The maximum Gasteiger partial charge on any atom is 0.573 e. The SMILES string of the molecule is Cc1ccc(N2CCN(C(=O)c3nc(CC(=O)Cc4ccc(OC(F)(F)F)cc4)cn3C)CC2)nc1. The minimum atomic E-state index is -4.77. The molecule has 2 aromatic heterocycles. The molecule has 8 nitrogen and oxygen atoms in total. The number of piperazine rings is 1. The number of rotatable bonds is 7. The molecule has 0 aliphatic carbocycles. The lowest BCUT2D eigenvalue weighted by atomic mass is 10.1. The van der Waals surface area contributed by atoms with E-state index in [0.717, 1.165) is 11.4 Å². The zero-order valence-electron chi connectivity index (χ0n) is 20.0. The molecule has 11 heteroatoms. The second-order valence-corrected chi connectivity index (χ2v) is 8.72. The smallest absolute Gasteiger partial charge is 0.406 e. The van der Waals surface area contributed by atoms with E-state index in [1.165, 1.54) is 24.3 Å². The van der Waals surface area contributed by atoms with E-state index in [4.69, 9.17) is 0 Å². The number of benzene rings is 1. The van der Waals surface area contributed by atoms with Crippen molar-refractivity contribution in [3.63, 3.8) is 0 Å². The largest absolute Gasteiger partial charge is 0.573 e. The Morgan fingerprint density at radius 3 is 2.31 bits per heavy atom. The van der Waals surface area contributed by atoms with Gasteiger partial charge in [-0.2, -0.15) is 0 Å². The van der Waals surface area contributed by atoms with Gasteiger partial charge in [0.05, 0.1) is 12.1 Å². The standard InChI is InChI=1S/C25H26F3N5O3/c1-17-3-8-22(29-15-17)32-9-11-33(12-10-32)24(35)23-30-19(16-31(23)2)14-20(34)13-18-4-6-21(7-5-18)36-25(26,27)28/h3-8,15-16H,9-14H2,1-2H3. The Labute approximate surface area is 206 Å². The van der Waals surface area contributed by atoms with Crippen LogP contribution in [0.4, 0.5) is 19.0 Å². The van der Waals surface area contributed by atoms with Crippen molar-refractivity contribution in [2.24, 2.45) is 7.05 Å². The monoisotopic (exact) mass is 501 g/mol. The number of ketones is 1. The van der Waals surface area contributed by atoms with E-state index in [1.807, 2.05) is 25.3 Å². The van der Waals surface area contributed by atoms with Gasteiger partial charge in [-0.05, 0) is 36.2 Å². The first-order chi connectivity index (χ1) is 17.1. The third-order valence-corrected chi connectivity index (χ3v) is 5.84. The van der Waals surface area contributed by atoms with Gasteiger partial charge >= 0.3 is 6.36 Å². The minimum absolute atomic E-state index is 0.00872. The van der Waals surface area contributed by atoms with Crippen LogP contribution in [0.5, 0.6) is 5.75 Å². The first-order valence-corrected chi connectivity index (χ1v) is 11.4. The number of pyridine rings is 1. The number of aromatic nitrogens is 3. The highest BCUT2D eigenvalue weighted by atomic mass is 19.4. The van der Waals surface area contributed by atoms with Crippen molar-refractivity contribution in [3.05, 3.63) is 71.4 Å². The normalized spacial score (nSPS) is 14.1. The number of imidazole rings is 1. The van der Waals surface area contributed by atoms with Crippen LogP contribution in [0, 0.1) is 6.92 Å². The van der Waals surface area contributed by atoms with E-state index >= 15 is 0 Å². The van der Waals surface area contributed by atoms with Crippen LogP contribution >= 0.6 is 0 Å². The van der Waals surface area contributed by atoms with Crippen molar-refractivity contribution < 1.29 is 27.5 Å². The number of hydrogen-bond acceptors (Lipinski definition) is 6. The first-order valence-electron chi connectivity index (χ1n) is 11.4. The Morgan fingerprint density at radius 2 is 1.69 bits per heavy atom. The second kappa shape index (κ2) is 10.4. The summed E-state index contributed by atoms with van der Waals surface area (Å²) in [5.41, 5.74) is 2.11. The van der Waals surface area contributed by atoms with Gasteiger partial charge in [-0.25, -0.2) is 9.97 Å². The van der Waals surface area contributed by atoms with Crippen LogP contribution in [0.3, 0.4) is 0 Å². The highest BCUT2D eigenvalue weighted by molar-refractivity contribution is 5.91. The molecule has 1 saturated heterocycles. The molecule has 0 radical (unpaired) electrons. The van der Waals surface area contributed by atoms with Crippen molar-refractivity contribution in [1.82, 2.24) is 19.4 Å². The van der Waals surface area contributed by atoms with E-state index in [9.17, 15) is 22.8 Å². The number of halogens is 3. The Balaban J connectivity index is 1.31. The Hall–Kier alpha value is -3.89. The molecule has 0 bridgehead atoms. The Morgan fingerprint density at radius 1 is 1.00 bits per heavy atom. The maximum atomic E-state index is 13.1. The molecule has 4 rings (SSSR count). The quantitative estimate of drug-likeness (QED) is 0.494. The van der Waals surface area contributed by atoms with Gasteiger partial charge in [-0.3, -0.25) is 9.59 Å². The number of nitrogens with zero attached hydrogens (tertiary/aromatic N) is 5. The van der Waals surface area contributed by atoms with Crippen LogP contribution in [-0.2, 0) is 24.7 Å². The molecule has 0 unspecified atom stereocenters. The zero-order valence-corrected chi connectivity index (χ0v) is 20.0. The summed E-state index contributed by atoms with van der Waals surface area (Å²) in [6, 6.07) is 9.15. The van der Waals surface area contributed by atoms with Crippen LogP contribution < -0.4 is 9.64 Å². The van der Waals surface area contributed by atoms with Crippen molar-refractivity contribution in [3.8, 4) is 5.75 Å². The molecule has 36 heavy (non-hydrogen) atoms. The fourth-order valence-electron chi connectivity index (χ4n) is 4.04. The third-order valence-electron chi connectivity index (χ3n) is 5.84. The van der Waals surface area contributed by atoms with Crippen molar-refractivity contribution in [1.29, 1.82) is 0 Å². The van der Waals surface area contributed by atoms with Gasteiger partial charge in [0, 0.05) is 52.0 Å². The van der Waals surface area contributed by atoms with Gasteiger partial charge < -0.3 is 19.1 Å². The molecule has 0 spiro atoms. The highest BCUT2D eigenvalue weighted by Gasteiger charge is 2.31. The van der Waals surface area contributed by atoms with Gasteiger partial charge in [-0.15, -0.1) is 13.2 Å². The van der Waals surface area contributed by atoms with E-state index in [0.29, 0.717) is 37.4 Å². The molecule has 1 aliphatic heterocycles. The minimum Gasteiger partial charge on any atom is -0.406 e. The van der Waals surface area contributed by atoms with Gasteiger partial charge in [-0.1, -0.05) is 18.2 Å². The van der Waals surface area contributed by atoms with Crippen LogP contribution in [0.15, 0.2) is 48.8 Å². The predicted octanol–water partition coefficient (Wildman–Crippen LogP) is 3.34. The van der Waals surface area contributed by atoms with E-state index in [-0.39, 0.29) is 36.1 Å². The molecular weight excluding hydrogens is 475 g/mol. The highest BCUT2D eigenvalue weighted by Crippen LogP contribution is 2.23. The third kappa shape index (κ3) is 6.41. The number of hydrogen-bond donors (Lipinski definition) is 0. The second-order valence-electron chi connectivity index (χ2n) is 8.72. The van der Waals surface area contributed by atoms with Crippen LogP contribution in [0.25, 0.3) is 0 Å². The Bertz CT molecular complexity index is 1220. The Kier molecular flexibility index (Phi) is 7.27. The molecule has 3 heterocycles. The average molecular weight is 502 g/mol. The predicted molar refractivity (Wildman–Crippen MR) is 126 cm³/mol. The van der Waals surface area contributed by atoms with E-state index in [2.05, 4.69) is 19.6 Å².